The Morgan fingerprint density at radius 2 is 1.91 bits per heavy atom. The molecule has 1 aliphatic rings. The molecular formula is C24H23FN6O3S. The number of halogens is 1. The van der Waals surface area contributed by atoms with Gasteiger partial charge in [-0.1, -0.05) is 36.7 Å². The van der Waals surface area contributed by atoms with Crippen LogP contribution in [-0.4, -0.2) is 42.8 Å². The number of carbonyl (C=O) groups is 2. The minimum absolute atomic E-state index is 0.0542. The lowest BCUT2D eigenvalue weighted by atomic mass is 10.1. The van der Waals surface area contributed by atoms with Gasteiger partial charge < -0.3 is 10.6 Å². The summed E-state index contributed by atoms with van der Waals surface area (Å²) < 4.78 is 16.9. The van der Waals surface area contributed by atoms with Gasteiger partial charge in [0.15, 0.2) is 5.16 Å². The van der Waals surface area contributed by atoms with Crippen LogP contribution in [0.15, 0.2) is 52.4 Å². The van der Waals surface area contributed by atoms with Crippen LogP contribution in [0, 0.1) is 5.82 Å². The van der Waals surface area contributed by atoms with Crippen molar-refractivity contribution in [1.29, 1.82) is 0 Å². The van der Waals surface area contributed by atoms with Crippen LogP contribution in [0.2, 0.25) is 0 Å². The van der Waals surface area contributed by atoms with Gasteiger partial charge in [-0.2, -0.15) is 0 Å². The highest BCUT2D eigenvalue weighted by Gasteiger charge is 2.21. The van der Waals surface area contributed by atoms with Crippen LogP contribution in [-0.2, 0) is 11.8 Å². The van der Waals surface area contributed by atoms with E-state index >= 15 is 0 Å². The molecule has 0 bridgehead atoms. The number of amides is 2. The molecular weight excluding hydrogens is 471 g/mol. The Morgan fingerprint density at radius 3 is 2.69 bits per heavy atom. The first-order chi connectivity index (χ1) is 16.9. The predicted molar refractivity (Wildman–Crippen MR) is 131 cm³/mol. The summed E-state index contributed by atoms with van der Waals surface area (Å²) in [5.74, 6) is -0.903. The summed E-state index contributed by atoms with van der Waals surface area (Å²) >= 11 is 1.10. The molecule has 0 spiro atoms. The Bertz CT molecular complexity index is 1510. The number of hydrogen-bond acceptors (Lipinski definition) is 6. The van der Waals surface area contributed by atoms with Gasteiger partial charge in [-0.3, -0.25) is 23.4 Å². The molecule has 2 aromatic carbocycles. The highest BCUT2D eigenvalue weighted by atomic mass is 32.2. The standard InChI is InChI=1S/C24H23FN6O3S/c1-30-22(34)16-11-10-14(21(33)26-15-6-2-3-7-15)12-19(16)31-23(30)28-29-24(31)35-13-20(32)27-18-9-5-4-8-17(18)25/h4-5,8-12,15H,2-3,6-7,13H2,1H3,(H,26,33)(H,27,32). The molecule has 0 radical (unpaired) electrons. The van der Waals surface area contributed by atoms with Crippen molar-refractivity contribution in [3.63, 3.8) is 0 Å². The molecule has 35 heavy (non-hydrogen) atoms. The van der Waals surface area contributed by atoms with Crippen molar-refractivity contribution in [3.05, 3.63) is 64.2 Å². The van der Waals surface area contributed by atoms with Gasteiger partial charge in [-0.15, -0.1) is 10.2 Å². The van der Waals surface area contributed by atoms with Gasteiger partial charge in [-0.05, 0) is 43.2 Å². The minimum atomic E-state index is -0.525. The smallest absolute Gasteiger partial charge is 0.262 e. The zero-order valence-electron chi connectivity index (χ0n) is 19.0. The van der Waals surface area contributed by atoms with E-state index in [-0.39, 0.29) is 34.7 Å². The lowest BCUT2D eigenvalue weighted by Crippen LogP contribution is -2.32. The van der Waals surface area contributed by atoms with Crippen LogP contribution in [0.1, 0.15) is 36.0 Å². The predicted octanol–water partition coefficient (Wildman–Crippen LogP) is 3.12. The fourth-order valence-electron chi connectivity index (χ4n) is 4.31. The fourth-order valence-corrected chi connectivity index (χ4v) is 5.05. The average molecular weight is 495 g/mol. The van der Waals surface area contributed by atoms with Gasteiger partial charge >= 0.3 is 0 Å². The Labute approximate surface area is 203 Å². The Morgan fingerprint density at radius 1 is 1.14 bits per heavy atom. The molecule has 11 heteroatoms. The van der Waals surface area contributed by atoms with E-state index in [4.69, 9.17) is 0 Å². The molecule has 0 saturated heterocycles. The number of aromatic nitrogens is 4. The van der Waals surface area contributed by atoms with Crippen molar-refractivity contribution in [2.24, 2.45) is 7.05 Å². The number of nitrogens with zero attached hydrogens (tertiary/aromatic N) is 4. The number of benzene rings is 2. The SMILES string of the molecule is Cn1c(=O)c2ccc(C(=O)NC3CCCC3)cc2n2c(SCC(=O)Nc3ccccc3F)nnc12. The topological polar surface area (TPSA) is 110 Å². The maximum absolute atomic E-state index is 13.8. The molecule has 2 N–H and O–H groups in total. The lowest BCUT2D eigenvalue weighted by Gasteiger charge is -2.13. The van der Waals surface area contributed by atoms with E-state index in [0.717, 1.165) is 37.4 Å². The van der Waals surface area contributed by atoms with E-state index in [1.807, 2.05) is 0 Å². The lowest BCUT2D eigenvalue weighted by molar-refractivity contribution is -0.113. The first kappa shape index (κ1) is 23.0. The van der Waals surface area contributed by atoms with Crippen molar-refractivity contribution in [3.8, 4) is 0 Å². The Kier molecular flexibility index (Phi) is 6.25. The summed E-state index contributed by atoms with van der Waals surface area (Å²) in [4.78, 5) is 38.2. The van der Waals surface area contributed by atoms with Gasteiger partial charge in [0.1, 0.15) is 5.82 Å². The molecule has 9 nitrogen and oxygen atoms in total. The first-order valence-electron chi connectivity index (χ1n) is 11.3. The van der Waals surface area contributed by atoms with E-state index in [1.54, 1.807) is 41.8 Å². The summed E-state index contributed by atoms with van der Waals surface area (Å²) in [7, 11) is 1.59. The molecule has 4 aromatic rings. The van der Waals surface area contributed by atoms with Crippen molar-refractivity contribution in [2.75, 3.05) is 11.1 Å². The summed E-state index contributed by atoms with van der Waals surface area (Å²) in [6.45, 7) is 0. The van der Waals surface area contributed by atoms with E-state index in [9.17, 15) is 18.8 Å². The van der Waals surface area contributed by atoms with E-state index in [0.29, 0.717) is 21.6 Å². The number of fused-ring (bicyclic) bond motifs is 3. The molecule has 2 amide bonds. The molecule has 0 aliphatic heterocycles. The van der Waals surface area contributed by atoms with Crippen LogP contribution < -0.4 is 16.2 Å². The number of hydrogen-bond donors (Lipinski definition) is 2. The van der Waals surface area contributed by atoms with Gasteiger partial charge in [0.05, 0.1) is 22.3 Å². The largest absolute Gasteiger partial charge is 0.349 e. The van der Waals surface area contributed by atoms with E-state index in [2.05, 4.69) is 20.8 Å². The van der Waals surface area contributed by atoms with Crippen molar-refractivity contribution < 1.29 is 14.0 Å². The maximum atomic E-state index is 13.8. The van der Waals surface area contributed by atoms with Crippen LogP contribution in [0.5, 0.6) is 0 Å². The summed E-state index contributed by atoms with van der Waals surface area (Å²) in [5.41, 5.74) is 0.733. The third-order valence-corrected chi connectivity index (χ3v) is 7.05. The number of nitrogens with one attached hydrogen (secondary N) is 2. The van der Waals surface area contributed by atoms with Gasteiger partial charge in [0.2, 0.25) is 11.7 Å². The number of carbonyl (C=O) groups excluding carboxylic acids is 2. The molecule has 1 fully saturated rings. The fraction of sp³-hybridized carbons (Fsp3) is 0.292. The zero-order valence-corrected chi connectivity index (χ0v) is 19.8. The molecule has 5 rings (SSSR count). The monoisotopic (exact) mass is 494 g/mol. The third kappa shape index (κ3) is 4.51. The van der Waals surface area contributed by atoms with Crippen LogP contribution >= 0.6 is 11.8 Å². The molecule has 0 atom stereocenters. The van der Waals surface area contributed by atoms with Crippen molar-refractivity contribution in [1.82, 2.24) is 24.5 Å². The van der Waals surface area contributed by atoms with Gasteiger partial charge in [0, 0.05) is 18.7 Å². The second-order valence-corrected chi connectivity index (χ2v) is 9.43. The Hall–Kier alpha value is -3.73. The molecule has 1 saturated carbocycles. The van der Waals surface area contributed by atoms with E-state index in [1.165, 1.54) is 16.7 Å². The number of para-hydroxylation sites is 1. The van der Waals surface area contributed by atoms with Crippen molar-refractivity contribution in [2.45, 2.75) is 36.9 Å². The summed E-state index contributed by atoms with van der Waals surface area (Å²) in [6.07, 6.45) is 4.13. The number of aryl methyl sites for hydroxylation is 1. The second-order valence-electron chi connectivity index (χ2n) is 8.49. The number of anilines is 1. The third-order valence-electron chi connectivity index (χ3n) is 6.12. The Balaban J connectivity index is 1.46. The average Bonchev–Trinajstić information content (AvgIpc) is 3.52. The number of rotatable bonds is 6. The highest BCUT2D eigenvalue weighted by molar-refractivity contribution is 7.99. The van der Waals surface area contributed by atoms with E-state index < -0.39 is 11.7 Å². The number of thioether (sulfide) groups is 1. The van der Waals surface area contributed by atoms with Crippen LogP contribution in [0.3, 0.4) is 0 Å². The maximum Gasteiger partial charge on any atom is 0.262 e. The molecule has 2 aromatic heterocycles. The minimum Gasteiger partial charge on any atom is -0.349 e. The zero-order chi connectivity index (χ0) is 24.5. The van der Waals surface area contributed by atoms with Crippen LogP contribution in [0.25, 0.3) is 16.7 Å². The van der Waals surface area contributed by atoms with Crippen LogP contribution in [0.4, 0.5) is 10.1 Å². The molecule has 0 unspecified atom stereocenters. The molecule has 1 aliphatic carbocycles. The van der Waals surface area contributed by atoms with Gasteiger partial charge in [0.25, 0.3) is 11.5 Å². The van der Waals surface area contributed by atoms with Gasteiger partial charge in [-0.25, -0.2) is 4.39 Å². The molecule has 180 valence electrons. The molecule has 2 heterocycles. The summed E-state index contributed by atoms with van der Waals surface area (Å²) in [5, 5.41) is 14.7. The first-order valence-corrected chi connectivity index (χ1v) is 12.3. The van der Waals surface area contributed by atoms with Crippen molar-refractivity contribution >= 4 is 45.9 Å². The highest BCUT2D eigenvalue weighted by Crippen LogP contribution is 2.24. The summed E-state index contributed by atoms with van der Waals surface area (Å²) in [6, 6.07) is 11.0. The quantitative estimate of drug-likeness (QED) is 0.399. The second kappa shape index (κ2) is 9.49. The normalized spacial score (nSPS) is 14.0.